The van der Waals surface area contributed by atoms with E-state index in [1.165, 1.54) is 0 Å². The molecule has 0 bridgehead atoms. The van der Waals surface area contributed by atoms with Crippen molar-refractivity contribution in [2.75, 3.05) is 6.79 Å². The van der Waals surface area contributed by atoms with E-state index in [0.29, 0.717) is 0 Å². The Kier molecular flexibility index (Phi) is 4.25. The van der Waals surface area contributed by atoms with Gasteiger partial charge in [0, 0.05) is 11.1 Å². The van der Waals surface area contributed by atoms with Crippen molar-refractivity contribution >= 4 is 11.9 Å². The summed E-state index contributed by atoms with van der Waals surface area (Å²) in [6, 6.07) is 25.8. The molecule has 0 radical (unpaired) electrons. The second kappa shape index (κ2) is 7.01. The molecule has 0 saturated carbocycles. The molecule has 122 valence electrons. The van der Waals surface area contributed by atoms with E-state index in [2.05, 4.69) is 10.2 Å². The molecular weight excluding hydrogens is 312 g/mol. The van der Waals surface area contributed by atoms with Crippen molar-refractivity contribution in [2.24, 2.45) is 10.2 Å². The second-order valence-electron chi connectivity index (χ2n) is 5.54. The fourth-order valence-electron chi connectivity index (χ4n) is 2.62. The fraction of sp³-hybridized carbons (Fsp3) is 0.0476. The number of hydrogen-bond donors (Lipinski definition) is 0. The highest BCUT2D eigenvalue weighted by molar-refractivity contribution is 6.12. The zero-order valence-electron chi connectivity index (χ0n) is 13.5. The first kappa shape index (κ1) is 15.1. The Labute approximate surface area is 146 Å². The topological polar surface area (TPSA) is 43.2 Å². The van der Waals surface area contributed by atoms with Crippen molar-refractivity contribution in [2.45, 2.75) is 0 Å². The predicted octanol–water partition coefficient (Wildman–Crippen LogP) is 4.29. The van der Waals surface area contributed by atoms with Crippen LogP contribution in [0, 0.1) is 0 Å². The van der Waals surface area contributed by atoms with Crippen LogP contribution in [0.3, 0.4) is 0 Å². The van der Waals surface area contributed by atoms with Crippen molar-refractivity contribution in [1.29, 1.82) is 0 Å². The van der Waals surface area contributed by atoms with Gasteiger partial charge in [0.25, 0.3) is 0 Å². The van der Waals surface area contributed by atoms with E-state index in [1.54, 1.807) is 6.21 Å². The van der Waals surface area contributed by atoms with Gasteiger partial charge in [0.2, 0.25) is 6.79 Å². The number of rotatable bonds is 4. The van der Waals surface area contributed by atoms with Gasteiger partial charge in [-0.3, -0.25) is 0 Å². The van der Waals surface area contributed by atoms with Gasteiger partial charge in [-0.25, -0.2) is 0 Å². The van der Waals surface area contributed by atoms with E-state index in [0.717, 1.165) is 33.9 Å². The lowest BCUT2D eigenvalue weighted by Gasteiger charge is -2.05. The molecule has 1 aliphatic heterocycles. The first-order valence-corrected chi connectivity index (χ1v) is 8.02. The minimum Gasteiger partial charge on any atom is -0.454 e. The maximum Gasteiger partial charge on any atom is 0.231 e. The lowest BCUT2D eigenvalue weighted by molar-refractivity contribution is 0.174. The normalized spacial score (nSPS) is 12.3. The molecule has 0 fully saturated rings. The molecule has 0 atom stereocenters. The van der Waals surface area contributed by atoms with Crippen molar-refractivity contribution in [3.05, 3.63) is 95.6 Å². The van der Waals surface area contributed by atoms with Gasteiger partial charge in [0.15, 0.2) is 11.5 Å². The largest absolute Gasteiger partial charge is 0.454 e. The maximum atomic E-state index is 5.39. The number of nitrogens with zero attached hydrogens (tertiary/aromatic N) is 2. The summed E-state index contributed by atoms with van der Waals surface area (Å²) in [5.74, 6) is 1.49. The summed E-state index contributed by atoms with van der Waals surface area (Å²) in [4.78, 5) is 0. The Balaban J connectivity index is 1.65. The van der Waals surface area contributed by atoms with Gasteiger partial charge in [-0.1, -0.05) is 60.7 Å². The summed E-state index contributed by atoms with van der Waals surface area (Å²) in [6.45, 7) is 0.264. The van der Waals surface area contributed by atoms with Gasteiger partial charge < -0.3 is 9.47 Å². The van der Waals surface area contributed by atoms with Gasteiger partial charge in [-0.15, -0.1) is 5.10 Å². The average molecular weight is 328 g/mol. The molecule has 4 rings (SSSR count). The minimum atomic E-state index is 0.264. The monoisotopic (exact) mass is 328 g/mol. The maximum absolute atomic E-state index is 5.39. The van der Waals surface area contributed by atoms with Gasteiger partial charge in [0.1, 0.15) is 5.71 Å². The van der Waals surface area contributed by atoms with Crippen LogP contribution in [0.5, 0.6) is 11.5 Å². The molecule has 3 aromatic rings. The van der Waals surface area contributed by atoms with Crippen LogP contribution in [0.4, 0.5) is 0 Å². The van der Waals surface area contributed by atoms with Gasteiger partial charge >= 0.3 is 0 Å². The third-order valence-electron chi connectivity index (χ3n) is 3.86. The first-order chi connectivity index (χ1) is 12.4. The summed E-state index contributed by atoms with van der Waals surface area (Å²) >= 11 is 0. The highest BCUT2D eigenvalue weighted by atomic mass is 16.7. The van der Waals surface area contributed by atoms with E-state index in [1.807, 2.05) is 78.9 Å². The summed E-state index contributed by atoms with van der Waals surface area (Å²) in [5.41, 5.74) is 3.79. The van der Waals surface area contributed by atoms with Crippen LogP contribution in [0.15, 0.2) is 89.1 Å². The zero-order chi connectivity index (χ0) is 16.9. The van der Waals surface area contributed by atoms with Crippen LogP contribution in [0.1, 0.15) is 16.7 Å². The summed E-state index contributed by atoms with van der Waals surface area (Å²) < 4.78 is 10.7. The average Bonchev–Trinajstić information content (AvgIpc) is 3.14. The Morgan fingerprint density at radius 1 is 0.760 bits per heavy atom. The highest BCUT2D eigenvalue weighted by Gasteiger charge is 2.12. The molecule has 3 aromatic carbocycles. The summed E-state index contributed by atoms with van der Waals surface area (Å²) in [7, 11) is 0. The van der Waals surface area contributed by atoms with E-state index in [4.69, 9.17) is 9.47 Å². The highest BCUT2D eigenvalue weighted by Crippen LogP contribution is 2.32. The van der Waals surface area contributed by atoms with Crippen molar-refractivity contribution in [3.63, 3.8) is 0 Å². The van der Waals surface area contributed by atoms with Crippen LogP contribution in [-0.2, 0) is 0 Å². The molecule has 0 spiro atoms. The van der Waals surface area contributed by atoms with Gasteiger partial charge in [-0.05, 0) is 23.8 Å². The SMILES string of the molecule is C(=NN=C(c1ccccc1)c1ccccc1)c1ccc2c(c1)OCO2. The Morgan fingerprint density at radius 2 is 1.40 bits per heavy atom. The third kappa shape index (κ3) is 3.43. The number of fused-ring (bicyclic) bond motifs is 1. The Bertz CT molecular complexity index is 878. The predicted molar refractivity (Wildman–Crippen MR) is 98.7 cm³/mol. The smallest absolute Gasteiger partial charge is 0.231 e. The molecule has 4 heteroatoms. The van der Waals surface area contributed by atoms with Crippen LogP contribution in [0.25, 0.3) is 0 Å². The molecular formula is C21H16N2O2. The number of benzene rings is 3. The van der Waals surface area contributed by atoms with E-state index in [9.17, 15) is 0 Å². The standard InChI is InChI=1S/C21H16N2O2/c1-3-7-17(8-4-1)21(18-9-5-2-6-10-18)23-22-14-16-11-12-19-20(13-16)25-15-24-19/h1-14H,15H2. The lowest BCUT2D eigenvalue weighted by atomic mass is 10.0. The molecule has 0 saturated heterocycles. The molecule has 0 aromatic heterocycles. The van der Waals surface area contributed by atoms with E-state index < -0.39 is 0 Å². The molecule has 0 amide bonds. The Morgan fingerprint density at radius 3 is 2.08 bits per heavy atom. The number of hydrogen-bond acceptors (Lipinski definition) is 4. The van der Waals surface area contributed by atoms with Gasteiger partial charge in [-0.2, -0.15) is 5.10 Å². The first-order valence-electron chi connectivity index (χ1n) is 8.02. The molecule has 1 aliphatic rings. The van der Waals surface area contributed by atoms with Crippen LogP contribution in [-0.4, -0.2) is 18.7 Å². The summed E-state index contributed by atoms with van der Waals surface area (Å²) in [6.07, 6.45) is 1.72. The number of ether oxygens (including phenoxy) is 2. The van der Waals surface area contributed by atoms with Crippen LogP contribution >= 0.6 is 0 Å². The molecule has 25 heavy (non-hydrogen) atoms. The van der Waals surface area contributed by atoms with Gasteiger partial charge in [0.05, 0.1) is 6.21 Å². The van der Waals surface area contributed by atoms with Crippen LogP contribution in [0.2, 0.25) is 0 Å². The third-order valence-corrected chi connectivity index (χ3v) is 3.86. The van der Waals surface area contributed by atoms with E-state index in [-0.39, 0.29) is 6.79 Å². The van der Waals surface area contributed by atoms with Crippen molar-refractivity contribution in [1.82, 2.24) is 0 Å². The molecule has 0 unspecified atom stereocenters. The van der Waals surface area contributed by atoms with Crippen molar-refractivity contribution < 1.29 is 9.47 Å². The molecule has 4 nitrogen and oxygen atoms in total. The molecule has 0 N–H and O–H groups in total. The zero-order valence-corrected chi connectivity index (χ0v) is 13.5. The fourth-order valence-corrected chi connectivity index (χ4v) is 2.62. The van der Waals surface area contributed by atoms with E-state index >= 15 is 0 Å². The lowest BCUT2D eigenvalue weighted by Crippen LogP contribution is -2.02. The van der Waals surface area contributed by atoms with Crippen molar-refractivity contribution in [3.8, 4) is 11.5 Å². The quantitative estimate of drug-likeness (QED) is 0.530. The molecule has 1 heterocycles. The molecule has 0 aliphatic carbocycles. The minimum absolute atomic E-state index is 0.264. The second-order valence-corrected chi connectivity index (χ2v) is 5.54. The van der Waals surface area contributed by atoms with Crippen LogP contribution < -0.4 is 9.47 Å². The Hall–Kier alpha value is -3.40. The summed E-state index contributed by atoms with van der Waals surface area (Å²) in [5, 5.41) is 8.75.